The molecule has 23 heavy (non-hydrogen) atoms. The van der Waals surface area contributed by atoms with Crippen LogP contribution in [0.4, 0.5) is 0 Å². The van der Waals surface area contributed by atoms with E-state index in [1.807, 2.05) is 24.3 Å². The molecule has 5 heteroatoms. The monoisotopic (exact) mass is 318 g/mol. The lowest BCUT2D eigenvalue weighted by molar-refractivity contribution is 0.0555. The minimum Gasteiger partial charge on any atom is -0.504 e. The first-order valence-electron chi connectivity index (χ1n) is 7.29. The number of para-hydroxylation sites is 1. The summed E-state index contributed by atoms with van der Waals surface area (Å²) in [6, 6.07) is 12.5. The van der Waals surface area contributed by atoms with Gasteiger partial charge in [-0.05, 0) is 23.8 Å². The van der Waals surface area contributed by atoms with Crippen molar-refractivity contribution in [2.24, 2.45) is 0 Å². The van der Waals surface area contributed by atoms with E-state index in [-0.39, 0.29) is 18.3 Å². The summed E-state index contributed by atoms with van der Waals surface area (Å²) >= 11 is 0. The van der Waals surface area contributed by atoms with Crippen LogP contribution in [0.2, 0.25) is 0 Å². The first-order valence-corrected chi connectivity index (χ1v) is 7.29. The molecule has 2 unspecified atom stereocenters. The summed E-state index contributed by atoms with van der Waals surface area (Å²) in [6.07, 6.45) is -0.411. The van der Waals surface area contributed by atoms with Crippen LogP contribution in [0.1, 0.15) is 23.1 Å². The molecule has 0 saturated carbocycles. The molecular weight excluding hydrogens is 296 g/mol. The van der Waals surface area contributed by atoms with Crippen molar-refractivity contribution in [3.8, 4) is 17.2 Å². The first kappa shape index (κ1) is 17.1. The second-order valence-corrected chi connectivity index (χ2v) is 5.12. The normalized spacial score (nSPS) is 13.4. The van der Waals surface area contributed by atoms with E-state index in [0.717, 1.165) is 11.1 Å². The Bertz CT molecular complexity index is 641. The number of phenols is 1. The molecule has 0 aromatic heterocycles. The molecule has 0 aliphatic heterocycles. The molecule has 0 amide bonds. The highest BCUT2D eigenvalue weighted by Gasteiger charge is 2.27. The second kappa shape index (κ2) is 7.85. The van der Waals surface area contributed by atoms with E-state index in [4.69, 9.17) is 14.2 Å². The summed E-state index contributed by atoms with van der Waals surface area (Å²) in [7, 11) is 4.67. The van der Waals surface area contributed by atoms with Crippen molar-refractivity contribution in [1.29, 1.82) is 0 Å². The molecule has 0 heterocycles. The minimum atomic E-state index is -0.411. The fourth-order valence-electron chi connectivity index (χ4n) is 2.73. The lowest BCUT2D eigenvalue weighted by atomic mass is 9.89. The number of hydrogen-bond acceptors (Lipinski definition) is 5. The Labute approximate surface area is 136 Å². The van der Waals surface area contributed by atoms with Crippen molar-refractivity contribution < 1.29 is 24.4 Å². The molecular formula is C18H22O5. The first-order chi connectivity index (χ1) is 11.2. The standard InChI is InChI=1S/C18H22O5/c1-21-16-7-5-4-6-13(16)14(11-19)18(23-3)12-8-9-15(20)17(10-12)22-2/h4-10,14,18-20H,11H2,1-3H3. The van der Waals surface area contributed by atoms with E-state index in [2.05, 4.69) is 0 Å². The maximum absolute atomic E-state index is 9.93. The number of benzene rings is 2. The molecule has 0 spiro atoms. The van der Waals surface area contributed by atoms with Crippen molar-refractivity contribution in [3.63, 3.8) is 0 Å². The highest BCUT2D eigenvalue weighted by atomic mass is 16.5. The van der Waals surface area contributed by atoms with Gasteiger partial charge >= 0.3 is 0 Å². The van der Waals surface area contributed by atoms with E-state index in [0.29, 0.717) is 11.5 Å². The lowest BCUT2D eigenvalue weighted by Gasteiger charge is -2.27. The largest absolute Gasteiger partial charge is 0.504 e. The van der Waals surface area contributed by atoms with Gasteiger partial charge in [0.1, 0.15) is 5.75 Å². The summed E-state index contributed by atoms with van der Waals surface area (Å²) < 4.78 is 16.2. The number of aromatic hydroxyl groups is 1. The third-order valence-electron chi connectivity index (χ3n) is 3.89. The van der Waals surface area contributed by atoms with Gasteiger partial charge in [-0.2, -0.15) is 0 Å². The van der Waals surface area contributed by atoms with Gasteiger partial charge in [0.05, 0.1) is 26.9 Å². The third-order valence-corrected chi connectivity index (χ3v) is 3.89. The number of rotatable bonds is 7. The maximum Gasteiger partial charge on any atom is 0.160 e. The van der Waals surface area contributed by atoms with Crippen LogP contribution in [-0.4, -0.2) is 38.1 Å². The Morgan fingerprint density at radius 1 is 0.957 bits per heavy atom. The van der Waals surface area contributed by atoms with Gasteiger partial charge in [0.15, 0.2) is 11.5 Å². The van der Waals surface area contributed by atoms with Crippen molar-refractivity contribution in [3.05, 3.63) is 53.6 Å². The fraction of sp³-hybridized carbons (Fsp3) is 0.333. The highest BCUT2D eigenvalue weighted by molar-refractivity contribution is 5.44. The quantitative estimate of drug-likeness (QED) is 0.821. The Hall–Kier alpha value is -2.24. The predicted octanol–water partition coefficient (Wildman–Crippen LogP) is 2.87. The van der Waals surface area contributed by atoms with Gasteiger partial charge in [0.2, 0.25) is 0 Å². The maximum atomic E-state index is 9.93. The van der Waals surface area contributed by atoms with Gasteiger partial charge in [-0.25, -0.2) is 0 Å². The summed E-state index contributed by atoms with van der Waals surface area (Å²) in [6.45, 7) is -0.109. The average Bonchev–Trinajstić information content (AvgIpc) is 2.60. The van der Waals surface area contributed by atoms with Crippen LogP contribution in [0.5, 0.6) is 17.2 Å². The number of aliphatic hydroxyl groups excluding tert-OH is 1. The molecule has 2 atom stereocenters. The van der Waals surface area contributed by atoms with Crippen molar-refractivity contribution in [2.75, 3.05) is 27.9 Å². The zero-order chi connectivity index (χ0) is 16.8. The number of hydrogen-bond donors (Lipinski definition) is 2. The highest BCUT2D eigenvalue weighted by Crippen LogP contribution is 2.40. The van der Waals surface area contributed by atoms with Gasteiger partial charge in [0.25, 0.3) is 0 Å². The van der Waals surface area contributed by atoms with Crippen LogP contribution < -0.4 is 9.47 Å². The van der Waals surface area contributed by atoms with E-state index in [1.54, 1.807) is 32.4 Å². The Balaban J connectivity index is 2.45. The molecule has 0 aliphatic rings. The van der Waals surface area contributed by atoms with Crippen molar-refractivity contribution in [2.45, 2.75) is 12.0 Å². The molecule has 2 rings (SSSR count). The summed E-state index contributed by atoms with van der Waals surface area (Å²) in [5, 5.41) is 19.7. The molecule has 2 N–H and O–H groups in total. The minimum absolute atomic E-state index is 0.0592. The molecule has 0 bridgehead atoms. The average molecular weight is 318 g/mol. The van der Waals surface area contributed by atoms with Gasteiger partial charge in [-0.3, -0.25) is 0 Å². The lowest BCUT2D eigenvalue weighted by Crippen LogP contribution is -2.18. The smallest absolute Gasteiger partial charge is 0.160 e. The zero-order valence-corrected chi connectivity index (χ0v) is 13.5. The molecule has 0 saturated heterocycles. The predicted molar refractivity (Wildman–Crippen MR) is 87.2 cm³/mol. The van der Waals surface area contributed by atoms with Crippen molar-refractivity contribution >= 4 is 0 Å². The number of methoxy groups -OCH3 is 3. The van der Waals surface area contributed by atoms with Gasteiger partial charge in [-0.15, -0.1) is 0 Å². The Morgan fingerprint density at radius 2 is 1.65 bits per heavy atom. The van der Waals surface area contributed by atoms with E-state index < -0.39 is 6.10 Å². The van der Waals surface area contributed by atoms with Crippen LogP contribution in [0.3, 0.4) is 0 Å². The molecule has 124 valence electrons. The zero-order valence-electron chi connectivity index (χ0n) is 13.5. The van der Waals surface area contributed by atoms with Crippen LogP contribution in [0, 0.1) is 0 Å². The molecule has 2 aromatic rings. The summed E-state index contributed by atoms with van der Waals surface area (Å²) in [4.78, 5) is 0. The van der Waals surface area contributed by atoms with Gasteiger partial charge < -0.3 is 24.4 Å². The summed E-state index contributed by atoms with van der Waals surface area (Å²) in [5.41, 5.74) is 1.66. The fourth-order valence-corrected chi connectivity index (χ4v) is 2.73. The van der Waals surface area contributed by atoms with E-state index in [1.165, 1.54) is 7.11 Å². The molecule has 2 aromatic carbocycles. The van der Waals surface area contributed by atoms with E-state index >= 15 is 0 Å². The topological polar surface area (TPSA) is 68.2 Å². The second-order valence-electron chi connectivity index (χ2n) is 5.12. The number of aliphatic hydroxyl groups is 1. The van der Waals surface area contributed by atoms with Gasteiger partial charge in [-0.1, -0.05) is 24.3 Å². The Kier molecular flexibility index (Phi) is 5.84. The van der Waals surface area contributed by atoms with Crippen LogP contribution in [0.25, 0.3) is 0 Å². The molecule has 0 radical (unpaired) electrons. The van der Waals surface area contributed by atoms with E-state index in [9.17, 15) is 10.2 Å². The third kappa shape index (κ3) is 3.57. The summed E-state index contributed by atoms with van der Waals surface area (Å²) in [5.74, 6) is 0.801. The van der Waals surface area contributed by atoms with Crippen molar-refractivity contribution in [1.82, 2.24) is 0 Å². The molecule has 5 nitrogen and oxygen atoms in total. The molecule has 0 aliphatic carbocycles. The van der Waals surface area contributed by atoms with Crippen LogP contribution >= 0.6 is 0 Å². The molecule has 0 fully saturated rings. The SMILES string of the molecule is COc1cc(C(OC)C(CO)c2ccccc2OC)ccc1O. The van der Waals surface area contributed by atoms with Gasteiger partial charge in [0, 0.05) is 18.6 Å². The Morgan fingerprint density at radius 3 is 2.26 bits per heavy atom. The van der Waals surface area contributed by atoms with Crippen LogP contribution in [-0.2, 0) is 4.74 Å². The van der Waals surface area contributed by atoms with Crippen LogP contribution in [0.15, 0.2) is 42.5 Å². The number of ether oxygens (including phenoxy) is 3. The number of phenolic OH excluding ortho intramolecular Hbond substituents is 1.